The zero-order chi connectivity index (χ0) is 17.0. The van der Waals surface area contributed by atoms with Crippen molar-refractivity contribution in [3.8, 4) is 0 Å². The summed E-state index contributed by atoms with van der Waals surface area (Å²) in [4.78, 5) is 36.6. The molecule has 0 aliphatic heterocycles. The predicted octanol–water partition coefficient (Wildman–Crippen LogP) is 2.52. The molecule has 0 aliphatic rings. The number of unbranched alkanes of at least 4 members (excludes halogenated alkanes) is 1. The van der Waals surface area contributed by atoms with Gasteiger partial charge >= 0.3 is 5.97 Å². The minimum Gasteiger partial charge on any atom is -0.465 e. The number of esters is 1. The second-order valence-electron chi connectivity index (χ2n) is 5.14. The van der Waals surface area contributed by atoms with E-state index < -0.39 is 11.9 Å². The van der Waals surface area contributed by atoms with Crippen molar-refractivity contribution in [1.82, 2.24) is 19.5 Å². The fourth-order valence-corrected chi connectivity index (χ4v) is 2.50. The molecule has 7 nitrogen and oxygen atoms in total. The van der Waals surface area contributed by atoms with Gasteiger partial charge in [0.05, 0.1) is 18.6 Å². The highest BCUT2D eigenvalue weighted by Gasteiger charge is 2.32. The van der Waals surface area contributed by atoms with E-state index in [0.29, 0.717) is 11.2 Å². The van der Waals surface area contributed by atoms with Crippen LogP contribution in [0.2, 0.25) is 5.28 Å². The molecule has 0 aromatic carbocycles. The lowest BCUT2D eigenvalue weighted by molar-refractivity contribution is -0.147. The molecule has 0 fully saturated rings. The molecule has 124 valence electrons. The number of aromatic nitrogens is 4. The van der Waals surface area contributed by atoms with E-state index in [-0.39, 0.29) is 23.4 Å². The number of hydrogen-bond acceptors (Lipinski definition) is 6. The molecule has 2 aromatic rings. The minimum absolute atomic E-state index is 0.0266. The summed E-state index contributed by atoms with van der Waals surface area (Å²) in [5, 5.41) is -0.0266. The molecule has 1 atom stereocenters. The van der Waals surface area contributed by atoms with E-state index in [0.717, 1.165) is 19.4 Å². The number of fused-ring (bicyclic) bond motifs is 1. The molecule has 2 rings (SSSR count). The van der Waals surface area contributed by atoms with Crippen LogP contribution in [0.1, 0.15) is 45.2 Å². The summed E-state index contributed by atoms with van der Waals surface area (Å²) in [6.45, 7) is 5.98. The van der Waals surface area contributed by atoms with Crippen LogP contribution < -0.4 is 0 Å². The van der Waals surface area contributed by atoms with Crippen molar-refractivity contribution in [2.24, 2.45) is 0 Å². The molecule has 2 heterocycles. The Morgan fingerprint density at radius 1 is 1.35 bits per heavy atom. The zero-order valence-corrected chi connectivity index (χ0v) is 14.1. The van der Waals surface area contributed by atoms with Gasteiger partial charge in [-0.15, -0.1) is 0 Å². The molecule has 0 amide bonds. The molecule has 0 saturated heterocycles. The van der Waals surface area contributed by atoms with Gasteiger partial charge in [-0.25, -0.2) is 9.97 Å². The third-order valence-corrected chi connectivity index (χ3v) is 3.59. The number of rotatable bonds is 7. The maximum atomic E-state index is 12.1. The van der Waals surface area contributed by atoms with Gasteiger partial charge in [0.25, 0.3) is 0 Å². The second kappa shape index (κ2) is 7.50. The number of ketones is 1. The minimum atomic E-state index is -1.15. The van der Waals surface area contributed by atoms with Crippen molar-refractivity contribution < 1.29 is 14.3 Å². The molecule has 8 heteroatoms. The molecule has 0 radical (unpaired) electrons. The number of ether oxygens (including phenoxy) is 1. The SMILES string of the molecule is CCCCn1cnc2c(C(C(C)=O)C(=O)OCC)nc(Cl)nc21. The number of carbonyl (C=O) groups is 2. The van der Waals surface area contributed by atoms with Crippen LogP contribution in [0.15, 0.2) is 6.33 Å². The number of nitrogens with zero attached hydrogens (tertiary/aromatic N) is 4. The maximum absolute atomic E-state index is 12.1. The smallest absolute Gasteiger partial charge is 0.322 e. The summed E-state index contributed by atoms with van der Waals surface area (Å²) in [6.07, 6.45) is 3.60. The highest BCUT2D eigenvalue weighted by atomic mass is 35.5. The van der Waals surface area contributed by atoms with Gasteiger partial charge < -0.3 is 9.30 Å². The molecular formula is C15H19ClN4O3. The highest BCUT2D eigenvalue weighted by Crippen LogP contribution is 2.26. The number of Topliss-reactive ketones (excluding diaryl/α,β-unsaturated/α-hetero) is 1. The molecule has 0 aliphatic carbocycles. The average Bonchev–Trinajstić information content (AvgIpc) is 2.88. The van der Waals surface area contributed by atoms with Crippen molar-refractivity contribution >= 4 is 34.5 Å². The number of hydrogen-bond donors (Lipinski definition) is 0. The lowest BCUT2D eigenvalue weighted by Gasteiger charge is -2.13. The first-order valence-electron chi connectivity index (χ1n) is 7.54. The molecule has 2 aromatic heterocycles. The van der Waals surface area contributed by atoms with E-state index in [4.69, 9.17) is 16.3 Å². The largest absolute Gasteiger partial charge is 0.465 e. The maximum Gasteiger partial charge on any atom is 0.322 e. The van der Waals surface area contributed by atoms with E-state index in [1.54, 1.807) is 13.3 Å². The molecule has 1 unspecified atom stereocenters. The van der Waals surface area contributed by atoms with Gasteiger partial charge in [-0.05, 0) is 31.9 Å². The van der Waals surface area contributed by atoms with Crippen molar-refractivity contribution in [1.29, 1.82) is 0 Å². The fourth-order valence-electron chi connectivity index (χ4n) is 2.33. The van der Waals surface area contributed by atoms with Gasteiger partial charge in [0.1, 0.15) is 11.3 Å². The van der Waals surface area contributed by atoms with Crippen LogP contribution in [0.4, 0.5) is 0 Å². The van der Waals surface area contributed by atoms with Gasteiger partial charge in [0.15, 0.2) is 11.6 Å². The average molecular weight is 339 g/mol. The molecule has 23 heavy (non-hydrogen) atoms. The monoisotopic (exact) mass is 338 g/mol. The van der Waals surface area contributed by atoms with Gasteiger partial charge in [-0.1, -0.05) is 13.3 Å². The summed E-state index contributed by atoms with van der Waals surface area (Å²) >= 11 is 5.99. The first-order valence-corrected chi connectivity index (χ1v) is 7.92. The Kier molecular flexibility index (Phi) is 5.65. The quantitative estimate of drug-likeness (QED) is 0.438. The number of halogens is 1. The molecule has 0 spiro atoms. The Labute approximate surface area is 139 Å². The standard InChI is InChI=1S/C15H19ClN4O3/c1-4-6-7-20-8-17-12-11(18-15(16)19-13(12)20)10(9(3)21)14(22)23-5-2/h8,10H,4-7H2,1-3H3. The molecule has 0 N–H and O–H groups in total. The Morgan fingerprint density at radius 2 is 2.09 bits per heavy atom. The number of aryl methyl sites for hydroxylation is 1. The van der Waals surface area contributed by atoms with E-state index in [9.17, 15) is 9.59 Å². The van der Waals surface area contributed by atoms with Crippen LogP contribution >= 0.6 is 11.6 Å². The van der Waals surface area contributed by atoms with Gasteiger partial charge in [-0.2, -0.15) is 4.98 Å². The highest BCUT2D eigenvalue weighted by molar-refractivity contribution is 6.28. The molecule has 0 bridgehead atoms. The normalized spacial score (nSPS) is 12.3. The summed E-state index contributed by atoms with van der Waals surface area (Å²) in [7, 11) is 0. The zero-order valence-electron chi connectivity index (χ0n) is 13.4. The van der Waals surface area contributed by atoms with Gasteiger partial charge in [0, 0.05) is 6.54 Å². The first kappa shape index (κ1) is 17.3. The van der Waals surface area contributed by atoms with Crippen LogP contribution in [0.25, 0.3) is 11.2 Å². The van der Waals surface area contributed by atoms with Crippen molar-refractivity contribution in [2.45, 2.75) is 46.1 Å². The predicted molar refractivity (Wildman–Crippen MR) is 85.3 cm³/mol. The third kappa shape index (κ3) is 3.67. The summed E-state index contributed by atoms with van der Waals surface area (Å²) in [6, 6.07) is 0. The Morgan fingerprint density at radius 3 is 2.70 bits per heavy atom. The molecular weight excluding hydrogens is 320 g/mol. The summed E-state index contributed by atoms with van der Waals surface area (Å²) in [5.74, 6) is -2.17. The van der Waals surface area contributed by atoms with Crippen LogP contribution in [-0.4, -0.2) is 37.9 Å². The number of imidazole rings is 1. The Bertz CT molecular complexity index is 729. The fraction of sp³-hybridized carbons (Fsp3) is 0.533. The van der Waals surface area contributed by atoms with Crippen molar-refractivity contribution in [3.05, 3.63) is 17.3 Å². The van der Waals surface area contributed by atoms with Gasteiger partial charge in [-0.3, -0.25) is 9.59 Å². The second-order valence-corrected chi connectivity index (χ2v) is 5.48. The lowest BCUT2D eigenvalue weighted by Crippen LogP contribution is -2.24. The van der Waals surface area contributed by atoms with E-state index >= 15 is 0 Å². The van der Waals surface area contributed by atoms with E-state index in [1.807, 2.05) is 4.57 Å². The lowest BCUT2D eigenvalue weighted by atomic mass is 10.0. The van der Waals surface area contributed by atoms with E-state index in [1.165, 1.54) is 6.92 Å². The van der Waals surface area contributed by atoms with E-state index in [2.05, 4.69) is 21.9 Å². The van der Waals surface area contributed by atoms with Gasteiger partial charge in [0.2, 0.25) is 5.28 Å². The number of carbonyl (C=O) groups excluding carboxylic acids is 2. The Hall–Kier alpha value is -2.02. The molecule has 0 saturated carbocycles. The first-order chi connectivity index (χ1) is 11.0. The Balaban J connectivity index is 2.56. The van der Waals surface area contributed by atoms with Crippen molar-refractivity contribution in [3.63, 3.8) is 0 Å². The van der Waals surface area contributed by atoms with Crippen LogP contribution in [0, 0.1) is 0 Å². The topological polar surface area (TPSA) is 87.0 Å². The van der Waals surface area contributed by atoms with Crippen LogP contribution in [0.3, 0.4) is 0 Å². The van der Waals surface area contributed by atoms with Crippen molar-refractivity contribution in [2.75, 3.05) is 6.61 Å². The third-order valence-electron chi connectivity index (χ3n) is 3.42. The van der Waals surface area contributed by atoms with Crippen LogP contribution in [0.5, 0.6) is 0 Å². The summed E-state index contributed by atoms with van der Waals surface area (Å²) in [5.41, 5.74) is 1.11. The summed E-state index contributed by atoms with van der Waals surface area (Å²) < 4.78 is 6.83. The van der Waals surface area contributed by atoms with Crippen LogP contribution in [-0.2, 0) is 20.9 Å².